The highest BCUT2D eigenvalue weighted by atomic mass is 32.1. The standard InChI is InChI=1S/C39H49N7O3S/c1-47-27-7-3-2-4-8-28-48-35-21-19-34(20-22-35)45-25-23-44(24-26-45)33-17-15-32(16-18-33)39-42-41-38(50-39)31-13-11-30(12-14-31)29-49-46-37-10-6-5-9-36(37)40-43-46/h5-6,9-18,34-35H,2-4,7-8,19-29H2,1H3. The minimum absolute atomic E-state index is 0.393. The second-order valence-electron chi connectivity index (χ2n) is 13.5. The molecule has 7 rings (SSSR count). The quantitative estimate of drug-likeness (QED) is 0.0988. The summed E-state index contributed by atoms with van der Waals surface area (Å²) in [6.45, 7) is 6.60. The normalized spacial score (nSPS) is 18.5. The molecule has 0 radical (unpaired) electrons. The van der Waals surface area contributed by atoms with Gasteiger partial charge in [0.05, 0.1) is 6.10 Å². The molecule has 50 heavy (non-hydrogen) atoms. The Kier molecular flexibility index (Phi) is 12.0. The van der Waals surface area contributed by atoms with Crippen LogP contribution in [0.25, 0.3) is 32.2 Å². The second kappa shape index (κ2) is 17.4. The zero-order valence-corrected chi connectivity index (χ0v) is 30.0. The van der Waals surface area contributed by atoms with Gasteiger partial charge in [0.2, 0.25) is 0 Å². The molecule has 5 aromatic rings. The molecule has 0 unspecified atom stereocenters. The van der Waals surface area contributed by atoms with Gasteiger partial charge in [0.1, 0.15) is 27.7 Å². The third kappa shape index (κ3) is 8.87. The maximum Gasteiger partial charge on any atom is 0.148 e. The Hall–Kier alpha value is -3.90. The van der Waals surface area contributed by atoms with Crippen LogP contribution in [0.5, 0.6) is 0 Å². The topological polar surface area (TPSA) is 90.7 Å². The van der Waals surface area contributed by atoms with Gasteiger partial charge in [0.15, 0.2) is 0 Å². The van der Waals surface area contributed by atoms with Crippen molar-refractivity contribution in [1.29, 1.82) is 0 Å². The number of rotatable bonds is 16. The Morgan fingerprint density at radius 2 is 1.36 bits per heavy atom. The second-order valence-corrected chi connectivity index (χ2v) is 14.4. The SMILES string of the molecule is COCCCCCCCOC1CCC(N2CCN(c3ccc(-c4nnc(-c5ccc(COn6nnc7ccccc76)cc5)s4)cc3)CC2)CC1. The first-order valence-corrected chi connectivity index (χ1v) is 19.1. The lowest BCUT2D eigenvalue weighted by Gasteiger charge is -2.42. The van der Waals surface area contributed by atoms with Gasteiger partial charge in [0, 0.05) is 69.4 Å². The zero-order valence-electron chi connectivity index (χ0n) is 29.2. The summed E-state index contributed by atoms with van der Waals surface area (Å²) in [5.74, 6) is 0. The maximum absolute atomic E-state index is 6.25. The minimum atomic E-state index is 0.393. The number of hydrogen-bond acceptors (Lipinski definition) is 10. The van der Waals surface area contributed by atoms with Crippen molar-refractivity contribution in [2.45, 2.75) is 76.5 Å². The molecule has 1 saturated carbocycles. The first-order valence-electron chi connectivity index (χ1n) is 18.3. The molecular formula is C39H49N7O3S. The van der Waals surface area contributed by atoms with Gasteiger partial charge >= 0.3 is 0 Å². The van der Waals surface area contributed by atoms with Crippen molar-refractivity contribution in [3.05, 3.63) is 78.4 Å². The lowest BCUT2D eigenvalue weighted by Crippen LogP contribution is -2.51. The summed E-state index contributed by atoms with van der Waals surface area (Å²) in [6.07, 6.45) is 11.6. The summed E-state index contributed by atoms with van der Waals surface area (Å²) in [5, 5.41) is 19.1. The van der Waals surface area contributed by atoms with E-state index in [0.717, 1.165) is 77.1 Å². The van der Waals surface area contributed by atoms with Gasteiger partial charge in [-0.25, -0.2) is 0 Å². The number of aromatic nitrogens is 5. The van der Waals surface area contributed by atoms with Crippen LogP contribution in [0.2, 0.25) is 0 Å². The summed E-state index contributed by atoms with van der Waals surface area (Å²) in [7, 11) is 1.78. The Morgan fingerprint density at radius 3 is 2.08 bits per heavy atom. The van der Waals surface area contributed by atoms with E-state index in [2.05, 4.69) is 78.8 Å². The number of hydrogen-bond donors (Lipinski definition) is 0. The highest BCUT2D eigenvalue weighted by molar-refractivity contribution is 7.17. The van der Waals surface area contributed by atoms with Gasteiger partial charge in [-0.2, -0.15) is 0 Å². The van der Waals surface area contributed by atoms with Crippen molar-refractivity contribution in [2.75, 3.05) is 51.4 Å². The van der Waals surface area contributed by atoms with Gasteiger partial charge in [-0.05, 0) is 85.7 Å². The third-order valence-corrected chi connectivity index (χ3v) is 11.1. The molecule has 2 aliphatic rings. The number of para-hydroxylation sites is 1. The molecule has 3 aromatic carbocycles. The summed E-state index contributed by atoms with van der Waals surface area (Å²) in [4.78, 5) is 12.6. The van der Waals surface area contributed by atoms with Crippen molar-refractivity contribution >= 4 is 28.1 Å². The Bertz CT molecular complexity index is 1740. The van der Waals surface area contributed by atoms with Gasteiger partial charge < -0.3 is 19.2 Å². The van der Waals surface area contributed by atoms with E-state index in [4.69, 9.17) is 14.3 Å². The molecule has 10 nitrogen and oxygen atoms in total. The number of nitrogens with zero attached hydrogens (tertiary/aromatic N) is 7. The van der Waals surface area contributed by atoms with Crippen LogP contribution < -0.4 is 9.74 Å². The molecule has 0 amide bonds. The molecule has 264 valence electrons. The molecule has 2 aromatic heterocycles. The molecule has 0 bridgehead atoms. The Morgan fingerprint density at radius 1 is 0.700 bits per heavy atom. The van der Waals surface area contributed by atoms with E-state index in [9.17, 15) is 0 Å². The summed E-state index contributed by atoms with van der Waals surface area (Å²) >= 11 is 1.62. The minimum Gasteiger partial charge on any atom is -0.390 e. The third-order valence-electron chi connectivity index (χ3n) is 10.1. The molecule has 1 saturated heterocycles. The molecule has 0 N–H and O–H groups in total. The lowest BCUT2D eigenvalue weighted by molar-refractivity contribution is 0.00473. The summed E-state index contributed by atoms with van der Waals surface area (Å²) in [6, 6.07) is 25.5. The molecule has 1 aliphatic heterocycles. The van der Waals surface area contributed by atoms with E-state index in [-0.39, 0.29) is 0 Å². The van der Waals surface area contributed by atoms with Crippen LogP contribution in [0.15, 0.2) is 72.8 Å². The fourth-order valence-electron chi connectivity index (χ4n) is 7.14. The van der Waals surface area contributed by atoms with Gasteiger partial charge in [0.25, 0.3) is 0 Å². The molecule has 3 heterocycles. The predicted octanol–water partition coefficient (Wildman–Crippen LogP) is 7.29. The summed E-state index contributed by atoms with van der Waals surface area (Å²) in [5.41, 5.74) is 6.12. The first-order chi connectivity index (χ1) is 24.7. The number of fused-ring (bicyclic) bond motifs is 1. The summed E-state index contributed by atoms with van der Waals surface area (Å²) < 4.78 is 11.4. The number of benzene rings is 3. The van der Waals surface area contributed by atoms with Crippen molar-refractivity contribution in [1.82, 2.24) is 30.3 Å². The predicted molar refractivity (Wildman–Crippen MR) is 199 cm³/mol. The molecule has 2 fully saturated rings. The van der Waals surface area contributed by atoms with E-state index in [1.807, 2.05) is 24.3 Å². The smallest absolute Gasteiger partial charge is 0.148 e. The molecule has 0 atom stereocenters. The monoisotopic (exact) mass is 695 g/mol. The van der Waals surface area contributed by atoms with Crippen molar-refractivity contribution in [2.24, 2.45) is 0 Å². The number of ether oxygens (including phenoxy) is 2. The van der Waals surface area contributed by atoms with Crippen LogP contribution in [0.4, 0.5) is 5.69 Å². The van der Waals surface area contributed by atoms with Crippen molar-refractivity contribution in [3.8, 4) is 21.1 Å². The number of methoxy groups -OCH3 is 1. The largest absolute Gasteiger partial charge is 0.390 e. The van der Waals surface area contributed by atoms with E-state index >= 15 is 0 Å². The van der Waals surface area contributed by atoms with Crippen LogP contribution in [0.3, 0.4) is 0 Å². The number of piperazine rings is 1. The van der Waals surface area contributed by atoms with Gasteiger partial charge in [-0.3, -0.25) is 4.90 Å². The molecule has 1 aliphatic carbocycles. The van der Waals surface area contributed by atoms with Crippen LogP contribution in [-0.4, -0.2) is 88.9 Å². The Balaban J connectivity index is 0.828. The average Bonchev–Trinajstić information content (AvgIpc) is 3.84. The Labute approximate surface area is 299 Å². The van der Waals surface area contributed by atoms with Crippen molar-refractivity contribution in [3.63, 3.8) is 0 Å². The maximum atomic E-state index is 6.25. The van der Waals surface area contributed by atoms with E-state index in [1.54, 1.807) is 18.4 Å². The first kappa shape index (κ1) is 34.5. The lowest BCUT2D eigenvalue weighted by atomic mass is 9.91. The van der Waals surface area contributed by atoms with Gasteiger partial charge in [-0.15, -0.1) is 15.3 Å². The van der Waals surface area contributed by atoms with Crippen molar-refractivity contribution < 1.29 is 14.3 Å². The van der Waals surface area contributed by atoms with Gasteiger partial charge in [-0.1, -0.05) is 71.8 Å². The van der Waals surface area contributed by atoms with Crippen LogP contribution >= 0.6 is 11.3 Å². The number of unbranched alkanes of at least 4 members (excludes halogenated alkanes) is 4. The highest BCUT2D eigenvalue weighted by Crippen LogP contribution is 2.32. The number of anilines is 1. The fourth-order valence-corrected chi connectivity index (χ4v) is 8.00. The highest BCUT2D eigenvalue weighted by Gasteiger charge is 2.28. The molecule has 11 heteroatoms. The van der Waals surface area contributed by atoms with Crippen LogP contribution in [0.1, 0.15) is 63.4 Å². The fraction of sp³-hybridized carbons (Fsp3) is 0.487. The van der Waals surface area contributed by atoms with E-state index in [1.165, 1.54) is 68.3 Å². The van der Waals surface area contributed by atoms with Crippen LogP contribution in [0, 0.1) is 0 Å². The molecular weight excluding hydrogens is 647 g/mol. The van der Waals surface area contributed by atoms with E-state index in [0.29, 0.717) is 18.8 Å². The average molecular weight is 696 g/mol. The van der Waals surface area contributed by atoms with Crippen LogP contribution in [-0.2, 0) is 16.1 Å². The molecule has 0 spiro atoms. The zero-order chi connectivity index (χ0) is 34.0. The van der Waals surface area contributed by atoms with E-state index < -0.39 is 0 Å².